The molecule has 0 aliphatic carbocycles. The first-order valence-corrected chi connectivity index (χ1v) is 3.51. The molecule has 2 heterocycles. The second-order valence-electron chi connectivity index (χ2n) is 2.43. The summed E-state index contributed by atoms with van der Waals surface area (Å²) in [5.74, 6) is -0.690. The second kappa shape index (κ2) is 2.81. The highest BCUT2D eigenvalue weighted by atomic mass is 16.2. The molecule has 6 nitrogen and oxygen atoms in total. The van der Waals surface area contributed by atoms with Crippen LogP contribution in [0, 0.1) is 0 Å². The third-order valence-electron chi connectivity index (χ3n) is 1.58. The van der Waals surface area contributed by atoms with Gasteiger partial charge in [0.15, 0.2) is 0 Å². The van der Waals surface area contributed by atoms with E-state index in [1.807, 2.05) is 0 Å². The van der Waals surface area contributed by atoms with Crippen LogP contribution in [0.3, 0.4) is 0 Å². The van der Waals surface area contributed by atoms with Crippen LogP contribution in [0.5, 0.6) is 0 Å². The van der Waals surface area contributed by atoms with Gasteiger partial charge in [0, 0.05) is 0 Å². The van der Waals surface area contributed by atoms with Crippen molar-refractivity contribution in [2.24, 2.45) is 9.98 Å². The number of hydrogen-bond acceptors (Lipinski definition) is 4. The minimum Gasteiger partial charge on any atom is -0.329 e. The maximum atomic E-state index is 11.0. The summed E-state index contributed by atoms with van der Waals surface area (Å²) in [6, 6.07) is 0. The molecule has 64 valence electrons. The molecule has 0 unspecified atom stereocenters. The molecule has 0 aromatic rings. The molecule has 2 aliphatic heterocycles. The summed E-state index contributed by atoms with van der Waals surface area (Å²) in [5.41, 5.74) is 0.468. The number of amides is 2. The van der Waals surface area contributed by atoms with Gasteiger partial charge in [-0.2, -0.15) is 9.98 Å². The number of rotatable bonds is 2. The molecule has 0 aromatic heterocycles. The van der Waals surface area contributed by atoms with Gasteiger partial charge < -0.3 is 19.6 Å². The Morgan fingerprint density at radius 1 is 1.00 bits per heavy atom. The molecule has 2 amide bonds. The minimum atomic E-state index is -0.345. The number of carbonyl (C=O) groups is 2. The number of nitrogens with one attached hydrogen (secondary N) is 2. The Labute approximate surface area is 72.8 Å². The largest absolute Gasteiger partial charge is 0.329 e. The Kier molecular flexibility index (Phi) is 1.66. The molecule has 2 rings (SSSR count). The van der Waals surface area contributed by atoms with Gasteiger partial charge in [0.25, 0.3) is 0 Å². The van der Waals surface area contributed by atoms with Gasteiger partial charge in [-0.05, 0) is 6.42 Å². The molecule has 0 bridgehead atoms. The van der Waals surface area contributed by atoms with Crippen LogP contribution in [-0.2, 0) is 9.59 Å². The normalized spacial score (nSPS) is 19.7. The average molecular weight is 176 g/mol. The van der Waals surface area contributed by atoms with Crippen LogP contribution in [0.1, 0.15) is 6.42 Å². The van der Waals surface area contributed by atoms with Crippen molar-refractivity contribution >= 4 is 35.9 Å². The molecule has 0 saturated heterocycles. The first-order chi connectivity index (χ1) is 6.27. The predicted octanol–water partition coefficient (Wildman–Crippen LogP) is -4.69. The summed E-state index contributed by atoms with van der Waals surface area (Å²) in [5, 5.41) is 0. The van der Waals surface area contributed by atoms with Crippen LogP contribution in [0.4, 0.5) is 0 Å². The minimum absolute atomic E-state index is 0.109. The van der Waals surface area contributed by atoms with Gasteiger partial charge in [-0.25, -0.2) is 0 Å². The summed E-state index contributed by atoms with van der Waals surface area (Å²) in [7, 11) is 0. The highest BCUT2D eigenvalue weighted by Crippen LogP contribution is 1.92. The molecule has 2 N–H and O–H groups in total. The van der Waals surface area contributed by atoms with E-state index in [-0.39, 0.29) is 29.7 Å². The van der Waals surface area contributed by atoms with Crippen LogP contribution in [0.2, 0.25) is 0 Å². The molecule has 0 spiro atoms. The van der Waals surface area contributed by atoms with Crippen molar-refractivity contribution in [2.75, 3.05) is 0 Å². The number of nitrogens with zero attached hydrogens (tertiary/aromatic N) is 2. The molecule has 0 saturated carbocycles. The van der Waals surface area contributed by atoms with E-state index in [1.165, 1.54) is 0 Å². The fraction of sp³-hybridized carbons (Fsp3) is 0.143. The maximum Gasteiger partial charge on any atom is 0.247 e. The number of hydrogen-bond donors (Lipinski definition) is 2. The quantitative estimate of drug-likeness (QED) is 0.414. The van der Waals surface area contributed by atoms with Gasteiger partial charge in [0.1, 0.15) is 0 Å². The summed E-state index contributed by atoms with van der Waals surface area (Å²) in [4.78, 5) is 33.7. The Morgan fingerprint density at radius 3 is 1.77 bits per heavy atom. The molecule has 0 aromatic carbocycles. The summed E-state index contributed by atoms with van der Waals surface area (Å²) >= 11 is 0. The maximum absolute atomic E-state index is 11.0. The van der Waals surface area contributed by atoms with Crippen molar-refractivity contribution < 1.29 is 19.6 Å². The van der Waals surface area contributed by atoms with Gasteiger partial charge in [0.2, 0.25) is 24.5 Å². The smallest absolute Gasteiger partial charge is 0.247 e. The van der Waals surface area contributed by atoms with Crippen LogP contribution in [-0.4, -0.2) is 35.9 Å². The van der Waals surface area contributed by atoms with E-state index in [9.17, 15) is 9.59 Å². The zero-order chi connectivity index (χ0) is 9.26. The first-order valence-electron chi connectivity index (χ1n) is 3.51. The summed E-state index contributed by atoms with van der Waals surface area (Å²) < 4.78 is 0. The molecular formula is C7H4N4O2. The van der Waals surface area contributed by atoms with E-state index < -0.39 is 0 Å². The highest BCUT2D eigenvalue weighted by Gasteiger charge is 2.17. The Bertz CT molecular complexity index is 365. The monoisotopic (exact) mass is 176 g/mol. The Balaban J connectivity index is 2.09. The van der Waals surface area contributed by atoms with Crippen molar-refractivity contribution in [3.05, 3.63) is 0 Å². The van der Waals surface area contributed by atoms with E-state index in [0.717, 1.165) is 0 Å². The van der Waals surface area contributed by atoms with Crippen LogP contribution < -0.4 is 9.98 Å². The average Bonchev–Trinajstić information content (AvgIpc) is 2.65. The summed E-state index contributed by atoms with van der Waals surface area (Å²) in [6.07, 6.45) is 4.69. The second-order valence-corrected chi connectivity index (χ2v) is 2.43. The third-order valence-corrected chi connectivity index (χ3v) is 1.58. The zero-order valence-electron chi connectivity index (χ0n) is 6.42. The van der Waals surface area contributed by atoms with Crippen molar-refractivity contribution in [3.63, 3.8) is 0 Å². The third kappa shape index (κ3) is 1.33. The SMILES string of the molecule is O=C1[NH+]=[C-]N=C1CC1=N[C-]=[NH+]C1=O. The summed E-state index contributed by atoms with van der Waals surface area (Å²) in [6.45, 7) is 0. The van der Waals surface area contributed by atoms with Gasteiger partial charge >= 0.3 is 0 Å². The van der Waals surface area contributed by atoms with E-state index in [4.69, 9.17) is 0 Å². The van der Waals surface area contributed by atoms with Crippen LogP contribution >= 0.6 is 0 Å². The lowest BCUT2D eigenvalue weighted by Crippen LogP contribution is -2.74. The lowest BCUT2D eigenvalue weighted by molar-refractivity contribution is -0.361. The van der Waals surface area contributed by atoms with Crippen LogP contribution in [0.25, 0.3) is 0 Å². The van der Waals surface area contributed by atoms with Crippen molar-refractivity contribution in [1.29, 1.82) is 0 Å². The molecule has 13 heavy (non-hydrogen) atoms. The Hall–Kier alpha value is -1.98. The number of aliphatic imine (C=N–C) groups is 2. The van der Waals surface area contributed by atoms with Crippen molar-refractivity contribution in [1.82, 2.24) is 0 Å². The highest BCUT2D eigenvalue weighted by molar-refractivity contribution is 6.49. The standard InChI is InChI=1S/C7H4N4O2/c12-6-4(8-2-10-6)1-5-7(13)11-3-9-5/h10-11H,1H2. The Morgan fingerprint density at radius 2 is 1.46 bits per heavy atom. The molecule has 6 heteroatoms. The van der Waals surface area contributed by atoms with Gasteiger partial charge in [-0.3, -0.25) is 0 Å². The van der Waals surface area contributed by atoms with E-state index in [2.05, 4.69) is 32.6 Å². The van der Waals surface area contributed by atoms with Gasteiger partial charge in [-0.1, -0.05) is 0 Å². The predicted molar refractivity (Wildman–Crippen MR) is 41.4 cm³/mol. The van der Waals surface area contributed by atoms with E-state index in [1.54, 1.807) is 0 Å². The first kappa shape index (κ1) is 7.66. The fourth-order valence-corrected chi connectivity index (χ4v) is 0.936. The molecule has 0 fully saturated rings. The molecule has 0 atom stereocenters. The molecule has 0 radical (unpaired) electrons. The van der Waals surface area contributed by atoms with E-state index in [0.29, 0.717) is 0 Å². The van der Waals surface area contributed by atoms with Crippen LogP contribution in [0.15, 0.2) is 9.98 Å². The lowest BCUT2D eigenvalue weighted by Gasteiger charge is -1.98. The van der Waals surface area contributed by atoms with Crippen molar-refractivity contribution in [2.45, 2.75) is 6.42 Å². The topological polar surface area (TPSA) is 86.8 Å². The molecular weight excluding hydrogens is 172 g/mol. The fourth-order valence-electron chi connectivity index (χ4n) is 0.936. The zero-order valence-corrected chi connectivity index (χ0v) is 6.42. The number of carbonyl (C=O) groups excluding carboxylic acids is 2. The molecule has 2 aliphatic rings. The van der Waals surface area contributed by atoms with Gasteiger partial charge in [0.05, 0.1) is 11.4 Å². The van der Waals surface area contributed by atoms with E-state index >= 15 is 0 Å². The van der Waals surface area contributed by atoms with Gasteiger partial charge in [-0.15, -0.1) is 0 Å². The lowest BCUT2D eigenvalue weighted by atomic mass is 10.1. The van der Waals surface area contributed by atoms with Crippen molar-refractivity contribution in [3.8, 4) is 0 Å².